The largest absolute Gasteiger partial charge is 0.483 e. The van der Waals surface area contributed by atoms with Crippen LogP contribution in [0.15, 0.2) is 22.7 Å². The van der Waals surface area contributed by atoms with Crippen LogP contribution < -0.4 is 21.1 Å². The van der Waals surface area contributed by atoms with Crippen LogP contribution in [0.5, 0.6) is 5.75 Å². The van der Waals surface area contributed by atoms with Crippen molar-refractivity contribution in [2.24, 2.45) is 5.73 Å². The van der Waals surface area contributed by atoms with Crippen LogP contribution in [0, 0.1) is 0 Å². The Labute approximate surface area is 113 Å². The number of hydrogen-bond donors (Lipinski definition) is 3. The summed E-state index contributed by atoms with van der Waals surface area (Å²) < 4.78 is 5.98. The van der Waals surface area contributed by atoms with E-state index < -0.39 is 11.9 Å². The van der Waals surface area contributed by atoms with Crippen LogP contribution in [0.3, 0.4) is 0 Å². The third-order valence-electron chi connectivity index (χ3n) is 2.00. The van der Waals surface area contributed by atoms with E-state index in [0.29, 0.717) is 5.75 Å². The van der Waals surface area contributed by atoms with E-state index in [1.165, 1.54) is 0 Å². The highest BCUT2D eigenvalue weighted by Crippen LogP contribution is 2.25. The molecule has 0 aliphatic carbocycles. The fraction of sp³-hybridized carbons (Fsp3) is 0.273. The summed E-state index contributed by atoms with van der Waals surface area (Å²) in [5.74, 6) is -0.0665. The predicted octanol–water partition coefficient (Wildman–Crippen LogP) is 0.742. The van der Waals surface area contributed by atoms with E-state index >= 15 is 0 Å². The topological polar surface area (TPSA) is 93.4 Å². The average Bonchev–Trinajstić information content (AvgIpc) is 2.27. The zero-order valence-electron chi connectivity index (χ0n) is 9.83. The van der Waals surface area contributed by atoms with Gasteiger partial charge < -0.3 is 15.8 Å². The molecule has 0 bridgehead atoms. The molecule has 1 aromatic rings. The molecule has 0 aliphatic heterocycles. The van der Waals surface area contributed by atoms with Gasteiger partial charge in [0.25, 0.3) is 5.91 Å². The molecule has 18 heavy (non-hydrogen) atoms. The lowest BCUT2D eigenvalue weighted by atomic mass is 10.2. The van der Waals surface area contributed by atoms with Gasteiger partial charge in [0.15, 0.2) is 6.61 Å². The molecule has 7 heteroatoms. The highest BCUT2D eigenvalue weighted by Gasteiger charge is 2.07. The number of halogens is 1. The number of ether oxygens (including phenoxy) is 1. The number of rotatable bonds is 5. The van der Waals surface area contributed by atoms with Gasteiger partial charge in [0.05, 0.1) is 4.47 Å². The molecule has 0 radical (unpaired) electrons. The van der Waals surface area contributed by atoms with Crippen molar-refractivity contribution >= 4 is 27.9 Å². The number of nitrogens with two attached hydrogens (primary N) is 1. The number of carbonyl (C=O) groups excluding carboxylic acids is 2. The van der Waals surface area contributed by atoms with E-state index in [4.69, 9.17) is 10.5 Å². The summed E-state index contributed by atoms with van der Waals surface area (Å²) >= 11 is 3.34. The lowest BCUT2D eigenvalue weighted by Crippen LogP contribution is -2.38. The van der Waals surface area contributed by atoms with Gasteiger partial charge in [-0.2, -0.15) is 0 Å². The molecular formula is C11H14BrN3O3. The minimum atomic E-state index is -0.896. The monoisotopic (exact) mass is 315 g/mol. The van der Waals surface area contributed by atoms with Crippen molar-refractivity contribution in [1.82, 2.24) is 10.6 Å². The van der Waals surface area contributed by atoms with Crippen molar-refractivity contribution in [3.05, 3.63) is 28.2 Å². The first-order valence-corrected chi connectivity index (χ1v) is 5.97. The van der Waals surface area contributed by atoms with Gasteiger partial charge in [-0.25, -0.2) is 4.79 Å². The van der Waals surface area contributed by atoms with E-state index in [0.717, 1.165) is 16.6 Å². The van der Waals surface area contributed by atoms with Gasteiger partial charge in [0, 0.05) is 6.54 Å². The quantitative estimate of drug-likeness (QED) is 0.747. The first kappa shape index (κ1) is 14.5. The van der Waals surface area contributed by atoms with Crippen LogP contribution in [-0.2, 0) is 11.3 Å². The van der Waals surface area contributed by atoms with Gasteiger partial charge in [-0.3, -0.25) is 10.1 Å². The number of primary amides is 1. The highest BCUT2D eigenvalue weighted by atomic mass is 79.9. The molecule has 4 N–H and O–H groups in total. The molecule has 0 saturated heterocycles. The van der Waals surface area contributed by atoms with Gasteiger partial charge in [-0.1, -0.05) is 6.07 Å². The standard InChI is InChI=1S/C11H14BrN3O3/c1-14-5-7-2-3-9(8(12)4-7)18-6-10(16)15-11(13)17/h2-4,14H,5-6H2,1H3,(H3,13,15,16,17). The Bertz CT molecular complexity index is 451. The number of urea groups is 1. The lowest BCUT2D eigenvalue weighted by Gasteiger charge is -2.09. The Hall–Kier alpha value is -1.60. The van der Waals surface area contributed by atoms with Crippen molar-refractivity contribution in [3.8, 4) is 5.75 Å². The smallest absolute Gasteiger partial charge is 0.318 e. The Morgan fingerprint density at radius 2 is 2.17 bits per heavy atom. The summed E-state index contributed by atoms with van der Waals surface area (Å²) in [4.78, 5) is 21.6. The third-order valence-corrected chi connectivity index (χ3v) is 2.62. The predicted molar refractivity (Wildman–Crippen MR) is 70.1 cm³/mol. The first-order valence-electron chi connectivity index (χ1n) is 5.18. The summed E-state index contributed by atoms with van der Waals surface area (Å²) in [6, 6.07) is 4.61. The summed E-state index contributed by atoms with van der Waals surface area (Å²) in [5, 5.41) is 4.94. The van der Waals surface area contributed by atoms with Crippen molar-refractivity contribution in [2.75, 3.05) is 13.7 Å². The summed E-state index contributed by atoms with van der Waals surface area (Å²) in [7, 11) is 1.85. The Morgan fingerprint density at radius 1 is 1.44 bits per heavy atom. The number of hydrogen-bond acceptors (Lipinski definition) is 4. The lowest BCUT2D eigenvalue weighted by molar-refractivity contribution is -0.121. The van der Waals surface area contributed by atoms with Crippen LogP contribution >= 0.6 is 15.9 Å². The Kier molecular flexibility index (Phi) is 5.60. The molecule has 0 spiro atoms. The van der Waals surface area contributed by atoms with E-state index in [2.05, 4.69) is 21.2 Å². The Morgan fingerprint density at radius 3 is 2.72 bits per heavy atom. The number of amides is 3. The van der Waals surface area contributed by atoms with Gasteiger partial charge in [0.2, 0.25) is 0 Å². The molecular weight excluding hydrogens is 302 g/mol. The summed E-state index contributed by atoms with van der Waals surface area (Å²) in [6.07, 6.45) is 0. The van der Waals surface area contributed by atoms with E-state index in [9.17, 15) is 9.59 Å². The average molecular weight is 316 g/mol. The molecule has 3 amide bonds. The van der Waals surface area contributed by atoms with Crippen LogP contribution in [0.25, 0.3) is 0 Å². The molecule has 0 fully saturated rings. The van der Waals surface area contributed by atoms with Crippen LogP contribution in [0.1, 0.15) is 5.56 Å². The maximum Gasteiger partial charge on any atom is 0.318 e. The number of imide groups is 1. The second-order valence-electron chi connectivity index (χ2n) is 3.50. The van der Waals surface area contributed by atoms with Crippen LogP contribution in [-0.4, -0.2) is 25.6 Å². The fourth-order valence-corrected chi connectivity index (χ4v) is 1.83. The van der Waals surface area contributed by atoms with E-state index in [1.807, 2.05) is 24.5 Å². The van der Waals surface area contributed by atoms with E-state index in [1.54, 1.807) is 6.07 Å². The number of carbonyl (C=O) groups is 2. The van der Waals surface area contributed by atoms with Crippen LogP contribution in [0.4, 0.5) is 4.79 Å². The van der Waals surface area contributed by atoms with Crippen molar-refractivity contribution in [2.45, 2.75) is 6.54 Å². The molecule has 98 valence electrons. The van der Waals surface area contributed by atoms with Crippen molar-refractivity contribution in [1.29, 1.82) is 0 Å². The van der Waals surface area contributed by atoms with Crippen molar-refractivity contribution < 1.29 is 14.3 Å². The first-order chi connectivity index (χ1) is 8.52. The van der Waals surface area contributed by atoms with Crippen LogP contribution in [0.2, 0.25) is 0 Å². The minimum absolute atomic E-state index is 0.271. The molecule has 1 aromatic carbocycles. The number of benzene rings is 1. The maximum absolute atomic E-state index is 11.1. The van der Waals surface area contributed by atoms with Gasteiger partial charge in [-0.15, -0.1) is 0 Å². The maximum atomic E-state index is 11.1. The van der Waals surface area contributed by atoms with Crippen molar-refractivity contribution in [3.63, 3.8) is 0 Å². The third kappa shape index (κ3) is 4.72. The van der Waals surface area contributed by atoms with Gasteiger partial charge >= 0.3 is 6.03 Å². The Balaban J connectivity index is 2.57. The number of nitrogens with one attached hydrogen (secondary N) is 2. The molecule has 0 heterocycles. The molecule has 0 saturated carbocycles. The zero-order valence-corrected chi connectivity index (χ0v) is 11.4. The fourth-order valence-electron chi connectivity index (χ4n) is 1.29. The zero-order chi connectivity index (χ0) is 13.5. The molecule has 0 aromatic heterocycles. The van der Waals surface area contributed by atoms with Gasteiger partial charge in [0.1, 0.15) is 5.75 Å². The molecule has 1 rings (SSSR count). The van der Waals surface area contributed by atoms with E-state index in [-0.39, 0.29) is 6.61 Å². The summed E-state index contributed by atoms with van der Waals surface area (Å²) in [5.41, 5.74) is 5.88. The second kappa shape index (κ2) is 6.97. The normalized spacial score (nSPS) is 9.89. The molecule has 6 nitrogen and oxygen atoms in total. The molecule has 0 unspecified atom stereocenters. The molecule has 0 atom stereocenters. The molecule has 0 aliphatic rings. The minimum Gasteiger partial charge on any atom is -0.483 e. The second-order valence-corrected chi connectivity index (χ2v) is 4.35. The SMILES string of the molecule is CNCc1ccc(OCC(=O)NC(N)=O)c(Br)c1. The highest BCUT2D eigenvalue weighted by molar-refractivity contribution is 9.10. The van der Waals surface area contributed by atoms with Gasteiger partial charge in [-0.05, 0) is 40.7 Å². The summed E-state index contributed by atoms with van der Waals surface area (Å²) in [6.45, 7) is 0.466.